The lowest BCUT2D eigenvalue weighted by Crippen LogP contribution is -2.57. The predicted octanol–water partition coefficient (Wildman–Crippen LogP) is 1.44. The van der Waals surface area contributed by atoms with Crippen molar-refractivity contribution < 1.29 is 17.9 Å². The molecule has 25 heavy (non-hydrogen) atoms. The van der Waals surface area contributed by atoms with Crippen molar-refractivity contribution in [1.29, 1.82) is 0 Å². The summed E-state index contributed by atoms with van der Waals surface area (Å²) in [5.74, 6) is 0.520. The van der Waals surface area contributed by atoms with Crippen molar-refractivity contribution in [1.82, 2.24) is 10.2 Å². The van der Waals surface area contributed by atoms with Crippen LogP contribution < -0.4 is 10.1 Å². The molecule has 0 aliphatic carbocycles. The van der Waals surface area contributed by atoms with Gasteiger partial charge in [0.25, 0.3) is 0 Å². The van der Waals surface area contributed by atoms with Crippen LogP contribution in [-0.4, -0.2) is 57.5 Å². The van der Waals surface area contributed by atoms with E-state index in [0.717, 1.165) is 22.4 Å². The lowest BCUT2D eigenvalue weighted by Gasteiger charge is -2.37. The number of rotatable bonds is 5. The summed E-state index contributed by atoms with van der Waals surface area (Å²) in [5.41, 5.74) is 2.96. The Morgan fingerprint density at radius 3 is 2.20 bits per heavy atom. The zero-order chi connectivity index (χ0) is 18.8. The Balaban J connectivity index is 2.27. The molecule has 1 fully saturated rings. The van der Waals surface area contributed by atoms with Crippen LogP contribution in [0.1, 0.15) is 29.5 Å². The molecule has 1 N–H and O–H groups in total. The van der Waals surface area contributed by atoms with Crippen LogP contribution in [0.5, 0.6) is 5.75 Å². The van der Waals surface area contributed by atoms with Gasteiger partial charge in [-0.25, -0.2) is 8.42 Å². The molecule has 1 heterocycles. The van der Waals surface area contributed by atoms with Gasteiger partial charge in [-0.2, -0.15) is 0 Å². The van der Waals surface area contributed by atoms with Gasteiger partial charge in [0.1, 0.15) is 5.75 Å². The highest BCUT2D eigenvalue weighted by Gasteiger charge is 2.49. The molecule has 0 radical (unpaired) electrons. The second-order valence-corrected chi connectivity index (χ2v) is 9.27. The average Bonchev–Trinajstić information content (AvgIpc) is 2.53. The standard InChI is InChI=1S/C18H28N2O4S/c1-13-10-15(11-14(2)16(13)24-4)12-20(3)17(21)18(25(5,22)23)6-8-19-9-7-18/h10-11,19H,6-9,12H2,1-5H3. The third-order valence-corrected chi connectivity index (χ3v) is 7.00. The van der Waals surface area contributed by atoms with E-state index in [9.17, 15) is 13.2 Å². The first-order chi connectivity index (χ1) is 11.6. The van der Waals surface area contributed by atoms with Gasteiger partial charge in [-0.05, 0) is 56.5 Å². The van der Waals surface area contributed by atoms with E-state index in [-0.39, 0.29) is 5.91 Å². The number of piperidine rings is 1. The van der Waals surface area contributed by atoms with E-state index in [0.29, 0.717) is 32.5 Å². The molecule has 1 aromatic carbocycles. The first-order valence-corrected chi connectivity index (χ1v) is 10.3. The van der Waals surface area contributed by atoms with Crippen LogP contribution >= 0.6 is 0 Å². The molecule has 0 spiro atoms. The number of carbonyl (C=O) groups excluding carboxylic acids is 1. The minimum Gasteiger partial charge on any atom is -0.496 e. The molecule has 1 aromatic rings. The Hall–Kier alpha value is -1.60. The van der Waals surface area contributed by atoms with Crippen LogP contribution in [0.15, 0.2) is 12.1 Å². The van der Waals surface area contributed by atoms with Gasteiger partial charge in [0, 0.05) is 19.8 Å². The summed E-state index contributed by atoms with van der Waals surface area (Å²) >= 11 is 0. The summed E-state index contributed by atoms with van der Waals surface area (Å²) in [6.45, 7) is 5.36. The fourth-order valence-electron chi connectivity index (χ4n) is 3.72. The van der Waals surface area contributed by atoms with Gasteiger partial charge < -0.3 is 15.0 Å². The maximum absolute atomic E-state index is 13.1. The van der Waals surface area contributed by atoms with E-state index in [1.54, 1.807) is 14.2 Å². The third kappa shape index (κ3) is 3.82. The number of hydrogen-bond donors (Lipinski definition) is 1. The second kappa shape index (κ2) is 7.33. The number of methoxy groups -OCH3 is 1. The van der Waals surface area contributed by atoms with E-state index in [1.165, 1.54) is 11.2 Å². The number of nitrogens with zero attached hydrogens (tertiary/aromatic N) is 1. The zero-order valence-corrected chi connectivity index (χ0v) is 16.5. The Labute approximate surface area is 150 Å². The molecule has 0 unspecified atom stereocenters. The normalized spacial score (nSPS) is 17.2. The van der Waals surface area contributed by atoms with Crippen molar-refractivity contribution in [3.63, 3.8) is 0 Å². The van der Waals surface area contributed by atoms with Crippen LogP contribution in [-0.2, 0) is 21.2 Å². The van der Waals surface area contributed by atoms with Crippen LogP contribution in [0.2, 0.25) is 0 Å². The number of aryl methyl sites for hydroxylation is 2. The van der Waals surface area contributed by atoms with Gasteiger partial charge in [-0.3, -0.25) is 4.79 Å². The summed E-state index contributed by atoms with van der Waals surface area (Å²) in [4.78, 5) is 14.6. The van der Waals surface area contributed by atoms with Gasteiger partial charge in [0.15, 0.2) is 14.6 Å². The maximum atomic E-state index is 13.1. The van der Waals surface area contributed by atoms with Crippen molar-refractivity contribution in [3.8, 4) is 5.75 Å². The predicted molar refractivity (Wildman–Crippen MR) is 98.6 cm³/mol. The summed E-state index contributed by atoms with van der Waals surface area (Å²) in [7, 11) is -0.193. The van der Waals surface area contributed by atoms with Crippen molar-refractivity contribution in [2.75, 3.05) is 33.5 Å². The number of amides is 1. The number of nitrogens with one attached hydrogen (secondary N) is 1. The molecule has 0 saturated carbocycles. The molecule has 0 aromatic heterocycles. The molecule has 0 atom stereocenters. The highest BCUT2D eigenvalue weighted by atomic mass is 32.2. The van der Waals surface area contributed by atoms with E-state index < -0.39 is 14.6 Å². The minimum atomic E-state index is -3.50. The Morgan fingerprint density at radius 1 is 1.24 bits per heavy atom. The Bertz CT molecular complexity index is 729. The molecule has 1 aliphatic heterocycles. The topological polar surface area (TPSA) is 75.7 Å². The third-order valence-electron chi connectivity index (χ3n) is 5.00. The molecule has 6 nitrogen and oxygen atoms in total. The fourth-order valence-corrected chi connectivity index (χ4v) is 5.14. The van der Waals surface area contributed by atoms with E-state index in [2.05, 4.69) is 5.32 Å². The molecule has 140 valence electrons. The molecule has 2 rings (SSSR count). The molecule has 1 aliphatic rings. The highest BCUT2D eigenvalue weighted by Crippen LogP contribution is 2.31. The van der Waals surface area contributed by atoms with Crippen LogP contribution in [0.3, 0.4) is 0 Å². The lowest BCUT2D eigenvalue weighted by atomic mass is 9.95. The van der Waals surface area contributed by atoms with E-state index >= 15 is 0 Å². The quantitative estimate of drug-likeness (QED) is 0.851. The first kappa shape index (κ1) is 19.7. The minimum absolute atomic E-state index is 0.315. The first-order valence-electron chi connectivity index (χ1n) is 8.42. The smallest absolute Gasteiger partial charge is 0.244 e. The molecule has 1 saturated heterocycles. The SMILES string of the molecule is COc1c(C)cc(CN(C)C(=O)C2(S(C)(=O)=O)CCNCC2)cc1C. The largest absolute Gasteiger partial charge is 0.496 e. The second-order valence-electron chi connectivity index (χ2n) is 6.94. The lowest BCUT2D eigenvalue weighted by molar-refractivity contribution is -0.134. The summed E-state index contributed by atoms with van der Waals surface area (Å²) in [5, 5.41) is 3.13. The van der Waals surface area contributed by atoms with Crippen LogP contribution in [0.4, 0.5) is 0 Å². The summed E-state index contributed by atoms with van der Waals surface area (Å²) in [6.07, 6.45) is 1.80. The Kier molecular flexibility index (Phi) is 5.79. The van der Waals surface area contributed by atoms with Crippen LogP contribution in [0, 0.1) is 13.8 Å². The van der Waals surface area contributed by atoms with Gasteiger partial charge in [0.05, 0.1) is 7.11 Å². The van der Waals surface area contributed by atoms with E-state index in [4.69, 9.17) is 4.74 Å². The Morgan fingerprint density at radius 2 is 1.76 bits per heavy atom. The number of sulfone groups is 1. The number of benzene rings is 1. The van der Waals surface area contributed by atoms with Crippen molar-refractivity contribution >= 4 is 15.7 Å². The maximum Gasteiger partial charge on any atom is 0.244 e. The highest BCUT2D eigenvalue weighted by molar-refractivity contribution is 7.92. The molecular formula is C18H28N2O4S. The van der Waals surface area contributed by atoms with Crippen molar-refractivity contribution in [3.05, 3.63) is 28.8 Å². The van der Waals surface area contributed by atoms with Gasteiger partial charge in [0.2, 0.25) is 5.91 Å². The fraction of sp³-hybridized carbons (Fsp3) is 0.611. The van der Waals surface area contributed by atoms with Gasteiger partial charge >= 0.3 is 0 Å². The zero-order valence-electron chi connectivity index (χ0n) is 15.7. The van der Waals surface area contributed by atoms with Gasteiger partial charge in [-0.15, -0.1) is 0 Å². The molecule has 7 heteroatoms. The van der Waals surface area contributed by atoms with E-state index in [1.807, 2.05) is 26.0 Å². The number of ether oxygens (including phenoxy) is 1. The van der Waals surface area contributed by atoms with Crippen molar-refractivity contribution in [2.45, 2.75) is 38.0 Å². The van der Waals surface area contributed by atoms with Crippen molar-refractivity contribution in [2.24, 2.45) is 0 Å². The van der Waals surface area contributed by atoms with Gasteiger partial charge in [-0.1, -0.05) is 12.1 Å². The summed E-state index contributed by atoms with van der Waals surface area (Å²) in [6, 6.07) is 3.95. The molecular weight excluding hydrogens is 340 g/mol. The average molecular weight is 368 g/mol. The monoisotopic (exact) mass is 368 g/mol. The number of carbonyl (C=O) groups is 1. The van der Waals surface area contributed by atoms with Crippen LogP contribution in [0.25, 0.3) is 0 Å². The molecule has 1 amide bonds. The molecule has 0 bridgehead atoms. The number of hydrogen-bond acceptors (Lipinski definition) is 5. The summed E-state index contributed by atoms with van der Waals surface area (Å²) < 4.78 is 28.9.